The molecule has 0 spiro atoms. The average Bonchev–Trinajstić information content (AvgIpc) is 3.21. The number of nitrogens with zero attached hydrogens (tertiary/aromatic N) is 3. The van der Waals surface area contributed by atoms with Gasteiger partial charge in [0, 0.05) is 25.3 Å². The van der Waals surface area contributed by atoms with Gasteiger partial charge in [-0.25, -0.2) is 0 Å². The van der Waals surface area contributed by atoms with E-state index in [1.165, 1.54) is 0 Å². The number of carbonyl (C=O) groups excluding carboxylic acids is 1. The quantitative estimate of drug-likeness (QED) is 0.514. The largest absolute Gasteiger partial charge is 0.507 e. The molecule has 0 aliphatic heterocycles. The second kappa shape index (κ2) is 9.61. The number of methoxy groups -OCH3 is 1. The topological polar surface area (TPSA) is 101 Å². The van der Waals surface area contributed by atoms with Gasteiger partial charge in [0.25, 0.3) is 5.91 Å². The van der Waals surface area contributed by atoms with E-state index in [1.807, 2.05) is 44.2 Å². The first kappa shape index (κ1) is 22.3. The predicted octanol–water partition coefficient (Wildman–Crippen LogP) is 3.24. The summed E-state index contributed by atoms with van der Waals surface area (Å²) in [5, 5.41) is 25.0. The number of benzene rings is 2. The molecular formula is C23H29N5O3. The highest BCUT2D eigenvalue weighted by Crippen LogP contribution is 2.38. The highest BCUT2D eigenvalue weighted by Gasteiger charge is 2.24. The maximum Gasteiger partial charge on any atom is 0.289 e. The van der Waals surface area contributed by atoms with E-state index in [2.05, 4.69) is 27.8 Å². The molecule has 0 aliphatic carbocycles. The molecule has 0 atom stereocenters. The van der Waals surface area contributed by atoms with Gasteiger partial charge in [0.1, 0.15) is 11.5 Å². The molecule has 0 aliphatic rings. The third-order valence-corrected chi connectivity index (χ3v) is 5.08. The second-order valence-corrected chi connectivity index (χ2v) is 7.47. The lowest BCUT2D eigenvalue weighted by Gasteiger charge is -2.16. The lowest BCUT2D eigenvalue weighted by molar-refractivity contribution is 0.0951. The molecule has 0 saturated carbocycles. The lowest BCUT2D eigenvalue weighted by Crippen LogP contribution is -2.22. The van der Waals surface area contributed by atoms with E-state index >= 15 is 0 Å². The number of phenols is 1. The summed E-state index contributed by atoms with van der Waals surface area (Å²) in [4.78, 5) is 12.5. The number of phenolic OH excluding ortho intramolecular Hbond substituents is 1. The number of carbonyl (C=O) groups is 1. The van der Waals surface area contributed by atoms with E-state index in [0.29, 0.717) is 17.1 Å². The maximum absolute atomic E-state index is 12.5. The Labute approximate surface area is 182 Å². The summed E-state index contributed by atoms with van der Waals surface area (Å²) >= 11 is 0. The fourth-order valence-corrected chi connectivity index (χ4v) is 3.39. The van der Waals surface area contributed by atoms with Gasteiger partial charge >= 0.3 is 0 Å². The number of ether oxygens (including phenoxy) is 1. The Hall–Kier alpha value is -3.39. The molecule has 31 heavy (non-hydrogen) atoms. The van der Waals surface area contributed by atoms with Crippen molar-refractivity contribution in [2.45, 2.75) is 33.2 Å². The molecule has 1 aromatic heterocycles. The number of hydrogen-bond acceptors (Lipinski definition) is 6. The molecule has 0 unspecified atom stereocenters. The first-order valence-electron chi connectivity index (χ1n) is 10.3. The summed E-state index contributed by atoms with van der Waals surface area (Å²) in [5.41, 5.74) is 3.24. The van der Waals surface area contributed by atoms with Gasteiger partial charge in [0.15, 0.2) is 5.82 Å². The Morgan fingerprint density at radius 3 is 2.48 bits per heavy atom. The zero-order chi connectivity index (χ0) is 22.5. The van der Waals surface area contributed by atoms with Crippen molar-refractivity contribution in [1.82, 2.24) is 25.4 Å². The van der Waals surface area contributed by atoms with Crippen LogP contribution in [0, 0.1) is 0 Å². The normalized spacial score (nSPS) is 11.0. The summed E-state index contributed by atoms with van der Waals surface area (Å²) < 4.78 is 7.08. The van der Waals surface area contributed by atoms with E-state index in [4.69, 9.17) is 4.74 Å². The van der Waals surface area contributed by atoms with Crippen LogP contribution in [0.4, 0.5) is 0 Å². The Morgan fingerprint density at radius 2 is 1.90 bits per heavy atom. The molecule has 3 rings (SSSR count). The Kier molecular flexibility index (Phi) is 6.91. The summed E-state index contributed by atoms with van der Waals surface area (Å²) in [6.07, 6.45) is 0. The highest BCUT2D eigenvalue weighted by molar-refractivity contribution is 5.92. The second-order valence-electron chi connectivity index (χ2n) is 7.47. The molecule has 3 aromatic rings. The van der Waals surface area contributed by atoms with Crippen LogP contribution in [0.2, 0.25) is 0 Å². The van der Waals surface area contributed by atoms with Gasteiger partial charge in [-0.1, -0.05) is 32.9 Å². The molecule has 164 valence electrons. The number of rotatable bonds is 8. The molecular weight excluding hydrogens is 394 g/mol. The van der Waals surface area contributed by atoms with Crippen LogP contribution in [0.5, 0.6) is 11.5 Å². The number of hydrogen-bond donors (Lipinski definition) is 3. The number of nitrogens with one attached hydrogen (secondary N) is 2. The van der Waals surface area contributed by atoms with E-state index in [1.54, 1.807) is 24.8 Å². The first-order valence-corrected chi connectivity index (χ1v) is 10.3. The van der Waals surface area contributed by atoms with Crippen molar-refractivity contribution in [3.63, 3.8) is 0 Å². The fourth-order valence-electron chi connectivity index (χ4n) is 3.39. The smallest absolute Gasteiger partial charge is 0.289 e. The molecule has 1 amide bonds. The van der Waals surface area contributed by atoms with Crippen LogP contribution in [0.3, 0.4) is 0 Å². The predicted molar refractivity (Wildman–Crippen MR) is 120 cm³/mol. The van der Waals surface area contributed by atoms with E-state index in [0.717, 1.165) is 29.9 Å². The minimum Gasteiger partial charge on any atom is -0.507 e. The molecule has 0 fully saturated rings. The Balaban J connectivity index is 2.18. The molecule has 8 nitrogen and oxygen atoms in total. The van der Waals surface area contributed by atoms with Crippen LogP contribution >= 0.6 is 0 Å². The minimum atomic E-state index is -0.368. The summed E-state index contributed by atoms with van der Waals surface area (Å²) in [6.45, 7) is 7.78. The van der Waals surface area contributed by atoms with Crippen LogP contribution in [0.15, 0.2) is 36.4 Å². The van der Waals surface area contributed by atoms with Gasteiger partial charge in [0.05, 0.1) is 12.7 Å². The first-order chi connectivity index (χ1) is 14.9. The van der Waals surface area contributed by atoms with Crippen molar-refractivity contribution < 1.29 is 14.6 Å². The van der Waals surface area contributed by atoms with Crippen molar-refractivity contribution in [1.29, 1.82) is 0 Å². The minimum absolute atomic E-state index is 0.00197. The molecule has 2 aromatic carbocycles. The van der Waals surface area contributed by atoms with Gasteiger partial charge in [0.2, 0.25) is 5.82 Å². The molecule has 1 heterocycles. The molecule has 8 heteroatoms. The van der Waals surface area contributed by atoms with Crippen LogP contribution in [-0.4, -0.2) is 46.5 Å². The number of aromatic hydroxyl groups is 1. The van der Waals surface area contributed by atoms with Crippen LogP contribution in [0.1, 0.15) is 48.4 Å². The zero-order valence-corrected chi connectivity index (χ0v) is 18.6. The standard InChI is InChI=1S/C23H29N5O3/c1-6-25-13-15-7-9-16(10-8-15)28-21(26-27-22(28)23(30)24-4)18-11-17(14(2)3)20(31-5)12-19(18)29/h7-12,14,25,29H,6,13H2,1-5H3,(H,24,30). The summed E-state index contributed by atoms with van der Waals surface area (Å²) in [7, 11) is 3.11. The molecule has 0 bridgehead atoms. The average molecular weight is 424 g/mol. The van der Waals surface area contributed by atoms with Gasteiger partial charge in [-0.3, -0.25) is 9.36 Å². The maximum atomic E-state index is 12.5. The fraction of sp³-hybridized carbons (Fsp3) is 0.348. The summed E-state index contributed by atoms with van der Waals surface area (Å²) in [5.74, 6) is 0.907. The monoisotopic (exact) mass is 423 g/mol. The lowest BCUT2D eigenvalue weighted by atomic mass is 9.98. The van der Waals surface area contributed by atoms with Crippen LogP contribution in [-0.2, 0) is 6.54 Å². The van der Waals surface area contributed by atoms with Crippen LogP contribution < -0.4 is 15.4 Å². The SMILES string of the molecule is CCNCc1ccc(-n2c(C(=O)NC)nnc2-c2cc(C(C)C)c(OC)cc2O)cc1. The Bertz CT molecular complexity index is 1060. The Morgan fingerprint density at radius 1 is 1.19 bits per heavy atom. The highest BCUT2D eigenvalue weighted by atomic mass is 16.5. The van der Waals surface area contributed by atoms with Gasteiger partial charge < -0.3 is 20.5 Å². The van der Waals surface area contributed by atoms with Gasteiger partial charge in [-0.05, 0) is 41.8 Å². The van der Waals surface area contributed by atoms with E-state index in [9.17, 15) is 9.90 Å². The van der Waals surface area contributed by atoms with Gasteiger partial charge in [-0.15, -0.1) is 10.2 Å². The molecule has 0 saturated heterocycles. The summed E-state index contributed by atoms with van der Waals surface area (Å²) in [6, 6.07) is 11.2. The van der Waals surface area contributed by atoms with E-state index < -0.39 is 0 Å². The van der Waals surface area contributed by atoms with Gasteiger partial charge in [-0.2, -0.15) is 0 Å². The van der Waals surface area contributed by atoms with Crippen molar-refractivity contribution in [2.24, 2.45) is 0 Å². The van der Waals surface area contributed by atoms with E-state index in [-0.39, 0.29) is 23.4 Å². The van der Waals surface area contributed by atoms with Crippen molar-refractivity contribution in [3.8, 4) is 28.6 Å². The van der Waals surface area contributed by atoms with Crippen molar-refractivity contribution >= 4 is 5.91 Å². The van der Waals surface area contributed by atoms with Crippen molar-refractivity contribution in [3.05, 3.63) is 53.3 Å². The number of amides is 1. The third kappa shape index (κ3) is 4.54. The molecule has 0 radical (unpaired) electrons. The zero-order valence-electron chi connectivity index (χ0n) is 18.6. The number of aromatic nitrogens is 3. The van der Waals surface area contributed by atoms with Crippen molar-refractivity contribution in [2.75, 3.05) is 20.7 Å². The van der Waals surface area contributed by atoms with Crippen LogP contribution in [0.25, 0.3) is 17.1 Å². The molecule has 3 N–H and O–H groups in total. The third-order valence-electron chi connectivity index (χ3n) is 5.08.